The van der Waals surface area contributed by atoms with Crippen molar-refractivity contribution >= 4 is 11.8 Å². The van der Waals surface area contributed by atoms with Crippen LogP contribution in [0.15, 0.2) is 22.2 Å². The number of aromatic nitrogens is 2. The molecule has 1 saturated carbocycles. The van der Waals surface area contributed by atoms with Gasteiger partial charge in [0.2, 0.25) is 0 Å². The van der Waals surface area contributed by atoms with Crippen molar-refractivity contribution in [3.63, 3.8) is 0 Å². The minimum absolute atomic E-state index is 0.0800. The summed E-state index contributed by atoms with van der Waals surface area (Å²) in [4.78, 5) is 18.3. The van der Waals surface area contributed by atoms with E-state index in [4.69, 9.17) is 0 Å². The number of aromatic amines is 1. The summed E-state index contributed by atoms with van der Waals surface area (Å²) < 4.78 is 0. The van der Waals surface area contributed by atoms with Gasteiger partial charge in [-0.1, -0.05) is 25.6 Å². The normalized spacial score (nSPS) is 27.1. The number of hydrogen-bond acceptors (Lipinski definition) is 4. The van der Waals surface area contributed by atoms with Crippen LogP contribution in [0.2, 0.25) is 0 Å². The summed E-state index contributed by atoms with van der Waals surface area (Å²) in [6.07, 6.45) is 5.14. The van der Waals surface area contributed by atoms with Crippen LogP contribution in [0, 0.1) is 5.41 Å². The molecule has 0 aromatic carbocycles. The maximum atomic E-state index is 11.3. The molecule has 0 spiro atoms. The van der Waals surface area contributed by atoms with Gasteiger partial charge in [0.25, 0.3) is 5.56 Å². The molecule has 1 heterocycles. The van der Waals surface area contributed by atoms with E-state index < -0.39 is 0 Å². The lowest BCUT2D eigenvalue weighted by molar-refractivity contribution is 0.218. The molecule has 4 nitrogen and oxygen atoms in total. The topological polar surface area (TPSA) is 57.8 Å². The first-order valence-electron chi connectivity index (χ1n) is 6.39. The highest BCUT2D eigenvalue weighted by Crippen LogP contribution is 2.41. The predicted molar refractivity (Wildman–Crippen MR) is 75.0 cm³/mol. The van der Waals surface area contributed by atoms with E-state index in [0.717, 1.165) is 11.6 Å². The Morgan fingerprint density at radius 3 is 3.00 bits per heavy atom. The minimum Gasteiger partial charge on any atom is -0.316 e. The Morgan fingerprint density at radius 1 is 1.56 bits per heavy atom. The van der Waals surface area contributed by atoms with Gasteiger partial charge in [-0.3, -0.25) is 4.79 Å². The zero-order valence-electron chi connectivity index (χ0n) is 11.2. The van der Waals surface area contributed by atoms with Crippen LogP contribution >= 0.6 is 11.8 Å². The molecule has 5 heteroatoms. The Labute approximate surface area is 112 Å². The smallest absolute Gasteiger partial charge is 0.251 e. The van der Waals surface area contributed by atoms with Crippen LogP contribution in [-0.4, -0.2) is 28.3 Å². The van der Waals surface area contributed by atoms with Crippen molar-refractivity contribution in [3.8, 4) is 0 Å². The van der Waals surface area contributed by atoms with E-state index in [1.165, 1.54) is 18.9 Å². The molecule has 0 saturated heterocycles. The van der Waals surface area contributed by atoms with E-state index in [0.29, 0.717) is 16.7 Å². The number of thioether (sulfide) groups is 1. The molecule has 18 heavy (non-hydrogen) atoms. The third-order valence-corrected chi connectivity index (χ3v) is 4.84. The van der Waals surface area contributed by atoms with E-state index in [9.17, 15) is 4.79 Å². The number of hydrogen-bond donors (Lipinski definition) is 2. The van der Waals surface area contributed by atoms with E-state index >= 15 is 0 Å². The van der Waals surface area contributed by atoms with Crippen LogP contribution in [0.25, 0.3) is 0 Å². The first kappa shape index (κ1) is 13.6. The molecule has 1 aromatic heterocycles. The van der Waals surface area contributed by atoms with Crippen molar-refractivity contribution < 1.29 is 0 Å². The second kappa shape index (κ2) is 5.45. The number of nitrogens with zero attached hydrogens (tertiary/aromatic N) is 1. The Hall–Kier alpha value is -0.810. The Morgan fingerprint density at radius 2 is 2.33 bits per heavy atom. The monoisotopic (exact) mass is 267 g/mol. The third kappa shape index (κ3) is 3.36. The van der Waals surface area contributed by atoms with E-state index in [1.807, 2.05) is 7.05 Å². The van der Waals surface area contributed by atoms with Crippen LogP contribution in [-0.2, 0) is 0 Å². The molecule has 0 amide bonds. The van der Waals surface area contributed by atoms with Crippen molar-refractivity contribution in [1.82, 2.24) is 15.3 Å². The molecule has 2 atom stereocenters. The van der Waals surface area contributed by atoms with Crippen molar-refractivity contribution in [2.75, 3.05) is 7.05 Å². The van der Waals surface area contributed by atoms with Crippen molar-refractivity contribution in [3.05, 3.63) is 22.6 Å². The highest BCUT2D eigenvalue weighted by atomic mass is 32.2. The summed E-state index contributed by atoms with van der Waals surface area (Å²) >= 11 is 1.68. The lowest BCUT2D eigenvalue weighted by Crippen LogP contribution is -2.43. The van der Waals surface area contributed by atoms with E-state index in [1.54, 1.807) is 18.0 Å². The zero-order chi connectivity index (χ0) is 13.2. The quantitative estimate of drug-likeness (QED) is 0.823. The fourth-order valence-electron chi connectivity index (χ4n) is 2.53. The molecule has 0 radical (unpaired) electrons. The minimum atomic E-state index is -0.0800. The molecule has 1 aliphatic carbocycles. The van der Waals surface area contributed by atoms with Gasteiger partial charge < -0.3 is 10.3 Å². The molecule has 0 aliphatic heterocycles. The van der Waals surface area contributed by atoms with Crippen LogP contribution in [0.5, 0.6) is 0 Å². The SMILES string of the molecule is CNC1CCC(C)(C)CC1Sc1nccc(=O)[nH]1. The summed E-state index contributed by atoms with van der Waals surface area (Å²) in [5.41, 5.74) is 0.295. The molecule has 2 rings (SSSR count). The molecular formula is C13H21N3OS. The number of H-pyrrole nitrogens is 1. The van der Waals surface area contributed by atoms with Gasteiger partial charge in [-0.25, -0.2) is 4.98 Å². The Kier molecular flexibility index (Phi) is 4.12. The second-order valence-electron chi connectivity index (χ2n) is 5.70. The van der Waals surface area contributed by atoms with Crippen molar-refractivity contribution in [2.45, 2.75) is 49.6 Å². The maximum absolute atomic E-state index is 11.3. The van der Waals surface area contributed by atoms with Gasteiger partial charge in [0, 0.05) is 23.6 Å². The van der Waals surface area contributed by atoms with E-state index in [2.05, 4.69) is 29.1 Å². The number of nitrogens with one attached hydrogen (secondary N) is 2. The molecule has 2 unspecified atom stereocenters. The van der Waals surface area contributed by atoms with Crippen molar-refractivity contribution in [1.29, 1.82) is 0 Å². The zero-order valence-corrected chi connectivity index (χ0v) is 12.0. The first-order valence-corrected chi connectivity index (χ1v) is 7.27. The van der Waals surface area contributed by atoms with Gasteiger partial charge in [0.15, 0.2) is 5.16 Å². The number of rotatable bonds is 3. The molecule has 1 aromatic rings. The van der Waals surface area contributed by atoms with Gasteiger partial charge in [0.05, 0.1) is 0 Å². The van der Waals surface area contributed by atoms with Crippen LogP contribution in [0.1, 0.15) is 33.1 Å². The van der Waals surface area contributed by atoms with Crippen molar-refractivity contribution in [2.24, 2.45) is 5.41 Å². The third-order valence-electron chi connectivity index (χ3n) is 3.62. The predicted octanol–water partition coefficient (Wildman–Crippen LogP) is 2.03. The lowest BCUT2D eigenvalue weighted by Gasteiger charge is -2.40. The average molecular weight is 267 g/mol. The summed E-state index contributed by atoms with van der Waals surface area (Å²) in [5, 5.41) is 4.58. The molecule has 2 N–H and O–H groups in total. The van der Waals surface area contributed by atoms with Crippen LogP contribution < -0.4 is 10.9 Å². The molecular weight excluding hydrogens is 246 g/mol. The maximum Gasteiger partial charge on any atom is 0.251 e. The molecule has 100 valence electrons. The van der Waals surface area contributed by atoms with Gasteiger partial charge in [0.1, 0.15) is 0 Å². The van der Waals surface area contributed by atoms with Gasteiger partial charge in [-0.2, -0.15) is 0 Å². The molecule has 0 bridgehead atoms. The van der Waals surface area contributed by atoms with Gasteiger partial charge in [-0.15, -0.1) is 0 Å². The van der Waals surface area contributed by atoms with Gasteiger partial charge >= 0.3 is 0 Å². The highest BCUT2D eigenvalue weighted by molar-refractivity contribution is 7.99. The van der Waals surface area contributed by atoms with Gasteiger partial charge in [-0.05, 0) is 31.7 Å². The first-order chi connectivity index (χ1) is 8.50. The Bertz CT molecular complexity index is 458. The average Bonchev–Trinajstić information content (AvgIpc) is 2.28. The summed E-state index contributed by atoms with van der Waals surface area (Å²) in [6.45, 7) is 4.63. The molecule has 1 fully saturated rings. The summed E-state index contributed by atoms with van der Waals surface area (Å²) in [7, 11) is 2.01. The van der Waals surface area contributed by atoms with Crippen LogP contribution in [0.3, 0.4) is 0 Å². The summed E-state index contributed by atoms with van der Waals surface area (Å²) in [5.74, 6) is 0. The molecule has 1 aliphatic rings. The van der Waals surface area contributed by atoms with Crippen LogP contribution in [0.4, 0.5) is 0 Å². The standard InChI is InChI=1S/C13H21N3OS/c1-13(2)6-4-9(14-3)10(8-13)18-12-15-7-5-11(17)16-12/h5,7,9-10,14H,4,6,8H2,1-3H3,(H,15,16,17). The van der Waals surface area contributed by atoms with E-state index in [-0.39, 0.29) is 5.56 Å². The fourth-order valence-corrected chi connectivity index (χ4v) is 4.07. The lowest BCUT2D eigenvalue weighted by atomic mass is 9.75. The largest absolute Gasteiger partial charge is 0.316 e. The Balaban J connectivity index is 2.12. The fraction of sp³-hybridized carbons (Fsp3) is 0.692. The highest BCUT2D eigenvalue weighted by Gasteiger charge is 2.35. The second-order valence-corrected chi connectivity index (χ2v) is 6.93. The summed E-state index contributed by atoms with van der Waals surface area (Å²) in [6, 6.07) is 1.94.